The summed E-state index contributed by atoms with van der Waals surface area (Å²) < 4.78 is 12.3. The number of ether oxygens (including phenoxy) is 1. The van der Waals surface area contributed by atoms with Gasteiger partial charge in [-0.15, -0.1) is 5.10 Å². The monoisotopic (exact) mass is 368 g/mol. The first-order valence-electron chi connectivity index (χ1n) is 8.88. The molecule has 1 atom stereocenters. The zero-order chi connectivity index (χ0) is 18.6. The Balaban J connectivity index is 1.40. The predicted octanol–water partition coefficient (Wildman–Crippen LogP) is 1.92. The first-order chi connectivity index (χ1) is 13.2. The summed E-state index contributed by atoms with van der Waals surface area (Å²) in [5.74, 6) is 1.61. The van der Waals surface area contributed by atoms with Crippen molar-refractivity contribution in [2.45, 2.75) is 38.3 Å². The van der Waals surface area contributed by atoms with Crippen molar-refractivity contribution in [2.24, 2.45) is 0 Å². The SMILES string of the molecule is COc1ccc(-c2cc(CNC(=O)[C@H]3CCCCn4nnnc43)no2)cc1. The van der Waals surface area contributed by atoms with Crippen LogP contribution in [0.2, 0.25) is 0 Å². The van der Waals surface area contributed by atoms with Gasteiger partial charge in [0, 0.05) is 18.2 Å². The number of hydrogen-bond donors (Lipinski definition) is 1. The predicted molar refractivity (Wildman–Crippen MR) is 94.7 cm³/mol. The van der Waals surface area contributed by atoms with Crippen molar-refractivity contribution in [3.63, 3.8) is 0 Å². The van der Waals surface area contributed by atoms with Crippen LogP contribution in [-0.2, 0) is 17.9 Å². The third-order valence-corrected chi connectivity index (χ3v) is 4.68. The van der Waals surface area contributed by atoms with Crippen LogP contribution in [0.25, 0.3) is 11.3 Å². The summed E-state index contributed by atoms with van der Waals surface area (Å²) in [4.78, 5) is 12.6. The highest BCUT2D eigenvalue weighted by Gasteiger charge is 2.28. The van der Waals surface area contributed by atoms with Gasteiger partial charge in [0.2, 0.25) is 5.91 Å². The molecular weight excluding hydrogens is 348 g/mol. The molecule has 2 aromatic heterocycles. The van der Waals surface area contributed by atoms with Gasteiger partial charge in [-0.05, 0) is 47.5 Å². The number of fused-ring (bicyclic) bond motifs is 1. The van der Waals surface area contributed by atoms with E-state index in [0.717, 1.165) is 37.1 Å². The highest BCUT2D eigenvalue weighted by molar-refractivity contribution is 5.82. The van der Waals surface area contributed by atoms with Crippen LogP contribution in [0.1, 0.15) is 36.7 Å². The van der Waals surface area contributed by atoms with Gasteiger partial charge < -0.3 is 14.6 Å². The molecule has 0 aliphatic carbocycles. The lowest BCUT2D eigenvalue weighted by Crippen LogP contribution is -2.30. The molecule has 0 unspecified atom stereocenters. The number of nitrogens with zero attached hydrogens (tertiary/aromatic N) is 5. The van der Waals surface area contributed by atoms with Crippen molar-refractivity contribution in [1.29, 1.82) is 0 Å². The fraction of sp³-hybridized carbons (Fsp3) is 0.389. The van der Waals surface area contributed by atoms with E-state index in [9.17, 15) is 4.79 Å². The summed E-state index contributed by atoms with van der Waals surface area (Å²) in [5.41, 5.74) is 1.55. The maximum atomic E-state index is 12.6. The summed E-state index contributed by atoms with van der Waals surface area (Å²) in [6, 6.07) is 9.32. The number of benzene rings is 1. The molecule has 9 heteroatoms. The molecule has 27 heavy (non-hydrogen) atoms. The molecule has 0 saturated heterocycles. The van der Waals surface area contributed by atoms with Crippen LogP contribution >= 0.6 is 0 Å². The van der Waals surface area contributed by atoms with Crippen LogP contribution in [0, 0.1) is 0 Å². The second-order valence-corrected chi connectivity index (χ2v) is 6.44. The maximum Gasteiger partial charge on any atom is 0.231 e. The van der Waals surface area contributed by atoms with Gasteiger partial charge in [-0.2, -0.15) is 0 Å². The van der Waals surface area contributed by atoms with Crippen LogP contribution < -0.4 is 10.1 Å². The van der Waals surface area contributed by atoms with Crippen molar-refractivity contribution in [1.82, 2.24) is 30.7 Å². The third-order valence-electron chi connectivity index (χ3n) is 4.68. The Morgan fingerprint density at radius 2 is 2.19 bits per heavy atom. The van der Waals surface area contributed by atoms with E-state index in [4.69, 9.17) is 9.26 Å². The number of aromatic nitrogens is 5. The van der Waals surface area contributed by atoms with Crippen LogP contribution in [-0.4, -0.2) is 38.4 Å². The standard InChI is InChI=1S/C18H20N6O3/c1-26-14-7-5-12(6-8-14)16-10-13(21-27-16)11-19-18(25)15-4-2-3-9-24-17(15)20-22-23-24/h5-8,10,15H,2-4,9,11H2,1H3,(H,19,25)/t15-/m0/s1. The summed E-state index contributed by atoms with van der Waals surface area (Å²) in [6.45, 7) is 1.04. The molecule has 1 amide bonds. The summed E-state index contributed by atoms with van der Waals surface area (Å²) in [5, 5.41) is 18.6. The van der Waals surface area contributed by atoms with Crippen molar-refractivity contribution in [3.05, 3.63) is 41.9 Å². The van der Waals surface area contributed by atoms with E-state index < -0.39 is 0 Å². The number of carbonyl (C=O) groups is 1. The quantitative estimate of drug-likeness (QED) is 0.733. The summed E-state index contributed by atoms with van der Waals surface area (Å²) in [6.07, 6.45) is 2.66. The number of tetrazole rings is 1. The highest BCUT2D eigenvalue weighted by Crippen LogP contribution is 2.25. The van der Waals surface area contributed by atoms with E-state index >= 15 is 0 Å². The Bertz CT molecular complexity index is 917. The first kappa shape index (κ1) is 17.2. The van der Waals surface area contributed by atoms with E-state index in [1.807, 2.05) is 30.3 Å². The summed E-state index contributed by atoms with van der Waals surface area (Å²) in [7, 11) is 1.62. The van der Waals surface area contributed by atoms with Gasteiger partial charge in [0.25, 0.3) is 0 Å². The Hall–Kier alpha value is -3.23. The van der Waals surface area contributed by atoms with Crippen LogP contribution in [0.4, 0.5) is 0 Å². The van der Waals surface area contributed by atoms with Crippen molar-refractivity contribution >= 4 is 5.91 Å². The normalized spacial score (nSPS) is 16.4. The van der Waals surface area contributed by atoms with E-state index in [1.54, 1.807) is 11.8 Å². The number of nitrogens with one attached hydrogen (secondary N) is 1. The molecule has 0 radical (unpaired) electrons. The average Bonchev–Trinajstić information content (AvgIpc) is 3.32. The topological polar surface area (TPSA) is 108 Å². The smallest absolute Gasteiger partial charge is 0.231 e. The van der Waals surface area contributed by atoms with E-state index in [2.05, 4.69) is 26.0 Å². The minimum absolute atomic E-state index is 0.0954. The lowest BCUT2D eigenvalue weighted by Gasteiger charge is -2.12. The highest BCUT2D eigenvalue weighted by atomic mass is 16.5. The molecule has 0 fully saturated rings. The van der Waals surface area contributed by atoms with Gasteiger partial charge >= 0.3 is 0 Å². The molecule has 1 N–H and O–H groups in total. The Labute approximate surface area is 155 Å². The molecule has 0 spiro atoms. The van der Waals surface area contributed by atoms with Crippen molar-refractivity contribution in [3.8, 4) is 17.1 Å². The fourth-order valence-electron chi connectivity index (χ4n) is 3.20. The van der Waals surface area contributed by atoms with Gasteiger partial charge in [0.15, 0.2) is 11.6 Å². The van der Waals surface area contributed by atoms with Crippen LogP contribution in [0.3, 0.4) is 0 Å². The van der Waals surface area contributed by atoms with Gasteiger partial charge in [-0.1, -0.05) is 11.6 Å². The molecule has 140 valence electrons. The zero-order valence-corrected chi connectivity index (χ0v) is 15.0. The van der Waals surface area contributed by atoms with Gasteiger partial charge in [0.05, 0.1) is 19.6 Å². The van der Waals surface area contributed by atoms with E-state index in [0.29, 0.717) is 17.3 Å². The molecule has 0 bridgehead atoms. The van der Waals surface area contributed by atoms with E-state index in [1.165, 1.54) is 0 Å². The van der Waals surface area contributed by atoms with Crippen LogP contribution in [0.5, 0.6) is 5.75 Å². The minimum atomic E-state index is -0.338. The molecule has 3 heterocycles. The molecule has 4 rings (SSSR count). The second-order valence-electron chi connectivity index (χ2n) is 6.44. The number of rotatable bonds is 5. The first-order valence-corrected chi connectivity index (χ1v) is 8.88. The molecule has 3 aromatic rings. The Morgan fingerprint density at radius 1 is 1.33 bits per heavy atom. The molecule has 1 aliphatic heterocycles. The number of methoxy groups -OCH3 is 1. The molecule has 9 nitrogen and oxygen atoms in total. The van der Waals surface area contributed by atoms with Crippen molar-refractivity contribution < 1.29 is 14.1 Å². The Morgan fingerprint density at radius 3 is 3.00 bits per heavy atom. The van der Waals surface area contributed by atoms with Gasteiger partial charge in [-0.3, -0.25) is 4.79 Å². The second kappa shape index (κ2) is 7.56. The van der Waals surface area contributed by atoms with E-state index in [-0.39, 0.29) is 18.4 Å². The lowest BCUT2D eigenvalue weighted by atomic mass is 10.0. The lowest BCUT2D eigenvalue weighted by molar-refractivity contribution is -0.123. The van der Waals surface area contributed by atoms with Crippen LogP contribution in [0.15, 0.2) is 34.9 Å². The third kappa shape index (κ3) is 3.67. The Kier molecular flexibility index (Phi) is 4.82. The number of hydrogen-bond acceptors (Lipinski definition) is 7. The number of aryl methyl sites for hydroxylation is 1. The fourth-order valence-corrected chi connectivity index (χ4v) is 3.20. The van der Waals surface area contributed by atoms with Gasteiger partial charge in [0.1, 0.15) is 11.4 Å². The van der Waals surface area contributed by atoms with Crippen molar-refractivity contribution in [2.75, 3.05) is 7.11 Å². The zero-order valence-electron chi connectivity index (χ0n) is 15.0. The molecule has 0 saturated carbocycles. The maximum absolute atomic E-state index is 12.6. The molecule has 1 aromatic carbocycles. The largest absolute Gasteiger partial charge is 0.497 e. The number of amides is 1. The van der Waals surface area contributed by atoms with Gasteiger partial charge in [-0.25, -0.2) is 4.68 Å². The average molecular weight is 368 g/mol. The molecule has 1 aliphatic rings. The summed E-state index contributed by atoms with van der Waals surface area (Å²) >= 11 is 0. The number of carbonyl (C=O) groups excluding carboxylic acids is 1. The molecular formula is C18H20N6O3. The minimum Gasteiger partial charge on any atom is -0.497 e.